The molecule has 3 aromatic heterocycles. The first-order valence-corrected chi connectivity index (χ1v) is 6.66. The number of ether oxygens (including phenoxy) is 1. The molecule has 0 saturated heterocycles. The number of methoxy groups -OCH3 is 1. The molecule has 0 aromatic carbocycles. The van der Waals surface area contributed by atoms with E-state index in [2.05, 4.69) is 9.72 Å². The average Bonchev–Trinajstić information content (AvgIpc) is 3.10. The fourth-order valence-corrected chi connectivity index (χ4v) is 2.57. The smallest absolute Gasteiger partial charge is 0.373 e. The summed E-state index contributed by atoms with van der Waals surface area (Å²) in [6.07, 6.45) is 1.47. The molecule has 3 aromatic rings. The molecule has 3 heterocycles. The van der Waals surface area contributed by atoms with Crippen LogP contribution < -0.4 is 5.56 Å². The van der Waals surface area contributed by atoms with Crippen LogP contribution in [0.15, 0.2) is 39.1 Å². The molecular formula is C13H10N2O4S. The van der Waals surface area contributed by atoms with Crippen molar-refractivity contribution in [2.75, 3.05) is 7.11 Å². The minimum Gasteiger partial charge on any atom is -0.463 e. The number of fused-ring (bicyclic) bond motifs is 1. The number of carbonyl (C=O) groups is 1. The van der Waals surface area contributed by atoms with Crippen LogP contribution in [0.1, 0.15) is 16.3 Å². The second-order valence-corrected chi connectivity index (χ2v) is 4.97. The van der Waals surface area contributed by atoms with Crippen molar-refractivity contribution >= 4 is 27.5 Å². The van der Waals surface area contributed by atoms with Crippen LogP contribution in [-0.4, -0.2) is 22.6 Å². The zero-order chi connectivity index (χ0) is 14.1. The normalized spacial score (nSPS) is 10.8. The second kappa shape index (κ2) is 4.93. The Morgan fingerprint density at radius 1 is 1.45 bits per heavy atom. The lowest BCUT2D eigenvalue weighted by molar-refractivity contribution is 0.0563. The van der Waals surface area contributed by atoms with Crippen molar-refractivity contribution in [3.8, 4) is 0 Å². The monoisotopic (exact) mass is 290 g/mol. The van der Waals surface area contributed by atoms with Gasteiger partial charge >= 0.3 is 5.97 Å². The number of nitrogens with zero attached hydrogens (tertiary/aromatic N) is 2. The van der Waals surface area contributed by atoms with E-state index < -0.39 is 5.97 Å². The van der Waals surface area contributed by atoms with E-state index in [0.29, 0.717) is 16.0 Å². The maximum Gasteiger partial charge on any atom is 0.373 e. The van der Waals surface area contributed by atoms with Crippen molar-refractivity contribution in [2.24, 2.45) is 0 Å². The van der Waals surface area contributed by atoms with E-state index in [1.807, 2.05) is 5.38 Å². The summed E-state index contributed by atoms with van der Waals surface area (Å²) in [5.41, 5.74) is -0.132. The van der Waals surface area contributed by atoms with Gasteiger partial charge in [-0.2, -0.15) is 0 Å². The molecule has 0 atom stereocenters. The van der Waals surface area contributed by atoms with Crippen molar-refractivity contribution in [3.63, 3.8) is 0 Å². The van der Waals surface area contributed by atoms with Crippen LogP contribution in [0.4, 0.5) is 0 Å². The maximum atomic E-state index is 12.2. The summed E-state index contributed by atoms with van der Waals surface area (Å²) in [4.78, 5) is 28.4. The van der Waals surface area contributed by atoms with Gasteiger partial charge in [0, 0.05) is 0 Å². The summed E-state index contributed by atoms with van der Waals surface area (Å²) >= 11 is 1.42. The topological polar surface area (TPSA) is 74.3 Å². The molecule has 0 aliphatic carbocycles. The van der Waals surface area contributed by atoms with Crippen LogP contribution in [-0.2, 0) is 11.3 Å². The summed E-state index contributed by atoms with van der Waals surface area (Å²) in [5.74, 6) is 0.0546. The van der Waals surface area contributed by atoms with Crippen molar-refractivity contribution in [1.82, 2.24) is 9.55 Å². The molecule has 7 heteroatoms. The van der Waals surface area contributed by atoms with Gasteiger partial charge in [0.25, 0.3) is 5.56 Å². The van der Waals surface area contributed by atoms with Crippen LogP contribution in [0.2, 0.25) is 0 Å². The third kappa shape index (κ3) is 2.12. The Balaban J connectivity index is 1.93. The van der Waals surface area contributed by atoms with Crippen molar-refractivity contribution < 1.29 is 13.9 Å². The highest BCUT2D eigenvalue weighted by atomic mass is 32.1. The maximum absolute atomic E-state index is 12.2. The molecule has 102 valence electrons. The minimum atomic E-state index is -0.546. The van der Waals surface area contributed by atoms with Gasteiger partial charge in [0.15, 0.2) is 0 Å². The summed E-state index contributed by atoms with van der Waals surface area (Å²) in [6.45, 7) is 0.217. The zero-order valence-electron chi connectivity index (χ0n) is 10.5. The SMILES string of the molecule is COC(=O)c1ccc(Cn2cnc3sccc3c2=O)o1. The van der Waals surface area contributed by atoms with Gasteiger partial charge in [-0.25, -0.2) is 9.78 Å². The molecule has 0 unspecified atom stereocenters. The van der Waals surface area contributed by atoms with Crippen LogP contribution in [0.25, 0.3) is 10.2 Å². The molecule has 20 heavy (non-hydrogen) atoms. The summed E-state index contributed by atoms with van der Waals surface area (Å²) in [6, 6.07) is 4.90. The first-order chi connectivity index (χ1) is 9.69. The van der Waals surface area contributed by atoms with E-state index in [1.54, 1.807) is 12.1 Å². The first-order valence-electron chi connectivity index (χ1n) is 5.78. The Morgan fingerprint density at radius 2 is 2.30 bits per heavy atom. The fourth-order valence-electron chi connectivity index (χ4n) is 1.85. The molecule has 6 nitrogen and oxygen atoms in total. The number of carbonyl (C=O) groups excluding carboxylic acids is 1. The van der Waals surface area contributed by atoms with Crippen LogP contribution in [0, 0.1) is 0 Å². The molecule has 0 aliphatic rings. The molecule has 0 amide bonds. The molecule has 0 saturated carbocycles. The summed E-state index contributed by atoms with van der Waals surface area (Å²) in [7, 11) is 1.28. The van der Waals surface area contributed by atoms with Crippen LogP contribution in [0.3, 0.4) is 0 Å². The lowest BCUT2D eigenvalue weighted by Gasteiger charge is -2.02. The highest BCUT2D eigenvalue weighted by Gasteiger charge is 2.12. The fraction of sp³-hybridized carbons (Fsp3) is 0.154. The Bertz CT molecular complexity index is 830. The Morgan fingerprint density at radius 3 is 3.10 bits per heavy atom. The Kier molecular flexibility index (Phi) is 3.11. The Hall–Kier alpha value is -2.41. The predicted molar refractivity (Wildman–Crippen MR) is 73.0 cm³/mol. The van der Waals surface area contributed by atoms with Gasteiger partial charge in [0.2, 0.25) is 5.76 Å². The minimum absolute atomic E-state index is 0.111. The highest BCUT2D eigenvalue weighted by Crippen LogP contribution is 2.14. The lowest BCUT2D eigenvalue weighted by Crippen LogP contribution is -2.20. The van der Waals surface area contributed by atoms with E-state index in [-0.39, 0.29) is 17.9 Å². The predicted octanol–water partition coefficient (Wildman–Crippen LogP) is 1.89. The zero-order valence-corrected chi connectivity index (χ0v) is 11.3. The van der Waals surface area contributed by atoms with Crippen LogP contribution >= 0.6 is 11.3 Å². The van der Waals surface area contributed by atoms with Gasteiger partial charge in [0.05, 0.1) is 25.4 Å². The standard InChI is InChI=1S/C13H10N2O4S/c1-18-13(17)10-3-2-8(19-10)6-15-7-14-11-9(12(15)16)4-5-20-11/h2-5,7H,6H2,1H3. The van der Waals surface area contributed by atoms with Gasteiger partial charge in [-0.05, 0) is 23.6 Å². The quantitative estimate of drug-likeness (QED) is 0.689. The van der Waals surface area contributed by atoms with Crippen molar-refractivity contribution in [3.05, 3.63) is 51.8 Å². The number of hydrogen-bond acceptors (Lipinski definition) is 6. The summed E-state index contributed by atoms with van der Waals surface area (Å²) < 4.78 is 11.3. The number of hydrogen-bond donors (Lipinski definition) is 0. The molecular weight excluding hydrogens is 280 g/mol. The van der Waals surface area contributed by atoms with Gasteiger partial charge < -0.3 is 9.15 Å². The van der Waals surface area contributed by atoms with Gasteiger partial charge in [-0.15, -0.1) is 11.3 Å². The summed E-state index contributed by atoms with van der Waals surface area (Å²) in [5, 5.41) is 2.41. The first kappa shape index (κ1) is 12.6. The van der Waals surface area contributed by atoms with Gasteiger partial charge in [0.1, 0.15) is 10.6 Å². The molecule has 0 radical (unpaired) electrons. The van der Waals surface area contributed by atoms with Gasteiger partial charge in [-0.1, -0.05) is 0 Å². The molecule has 0 N–H and O–H groups in total. The molecule has 0 bridgehead atoms. The molecule has 0 aliphatic heterocycles. The second-order valence-electron chi connectivity index (χ2n) is 4.07. The van der Waals surface area contributed by atoms with E-state index in [4.69, 9.17) is 4.42 Å². The van der Waals surface area contributed by atoms with Crippen molar-refractivity contribution in [2.45, 2.75) is 6.54 Å². The highest BCUT2D eigenvalue weighted by molar-refractivity contribution is 7.16. The van der Waals surface area contributed by atoms with E-state index in [0.717, 1.165) is 0 Å². The van der Waals surface area contributed by atoms with E-state index in [9.17, 15) is 9.59 Å². The lowest BCUT2D eigenvalue weighted by atomic mass is 10.4. The third-order valence-electron chi connectivity index (χ3n) is 2.82. The average molecular weight is 290 g/mol. The number of thiophene rings is 1. The Labute approximate surface area is 117 Å². The van der Waals surface area contributed by atoms with E-state index in [1.165, 1.54) is 35.4 Å². The van der Waals surface area contributed by atoms with E-state index >= 15 is 0 Å². The van der Waals surface area contributed by atoms with Gasteiger partial charge in [-0.3, -0.25) is 9.36 Å². The number of esters is 1. The molecule has 3 rings (SSSR count). The number of rotatable bonds is 3. The number of aromatic nitrogens is 2. The molecule has 0 fully saturated rings. The largest absolute Gasteiger partial charge is 0.463 e. The van der Waals surface area contributed by atoms with Crippen molar-refractivity contribution in [1.29, 1.82) is 0 Å². The van der Waals surface area contributed by atoms with Crippen LogP contribution in [0.5, 0.6) is 0 Å². The number of furan rings is 1. The molecule has 0 spiro atoms. The third-order valence-corrected chi connectivity index (χ3v) is 3.65.